The zero-order valence-corrected chi connectivity index (χ0v) is 12.0. The summed E-state index contributed by atoms with van der Waals surface area (Å²) in [5.41, 5.74) is 9.36. The van der Waals surface area contributed by atoms with Crippen molar-refractivity contribution in [2.45, 2.75) is 18.8 Å². The van der Waals surface area contributed by atoms with E-state index in [9.17, 15) is 5.26 Å². The van der Waals surface area contributed by atoms with Crippen LogP contribution in [-0.2, 0) is 0 Å². The van der Waals surface area contributed by atoms with Gasteiger partial charge in [0.2, 0.25) is 0 Å². The standard InChI is InChI=1S/C18H14N4/c19-9-16-15(8-17(11-4-5-11)22-18(16)20)14-3-1-2-12-10-21-7-6-13(12)14/h1-3,6-8,10-11H,4-5H2,(H2,20,22). The number of nitrogens with zero attached hydrogens (tertiary/aromatic N) is 3. The van der Waals surface area contributed by atoms with Gasteiger partial charge in [0, 0.05) is 35.0 Å². The molecule has 1 aliphatic rings. The smallest absolute Gasteiger partial charge is 0.142 e. The van der Waals surface area contributed by atoms with E-state index in [1.165, 1.54) is 0 Å². The number of benzene rings is 1. The molecule has 0 radical (unpaired) electrons. The number of hydrogen-bond donors (Lipinski definition) is 1. The fraction of sp³-hybridized carbons (Fsp3) is 0.167. The Bertz CT molecular complexity index is 915. The average molecular weight is 286 g/mol. The highest BCUT2D eigenvalue weighted by Crippen LogP contribution is 2.42. The van der Waals surface area contributed by atoms with E-state index in [-0.39, 0.29) is 0 Å². The van der Waals surface area contributed by atoms with Crippen LogP contribution in [0, 0.1) is 11.3 Å². The topological polar surface area (TPSA) is 75.6 Å². The first kappa shape index (κ1) is 12.8. The second-order valence-electron chi connectivity index (χ2n) is 5.64. The first-order chi connectivity index (χ1) is 10.8. The molecule has 0 spiro atoms. The van der Waals surface area contributed by atoms with E-state index in [0.29, 0.717) is 17.3 Å². The van der Waals surface area contributed by atoms with Crippen molar-refractivity contribution in [3.05, 3.63) is 54.0 Å². The quantitative estimate of drug-likeness (QED) is 0.780. The molecule has 22 heavy (non-hydrogen) atoms. The van der Waals surface area contributed by atoms with Crippen LogP contribution in [0.25, 0.3) is 21.9 Å². The van der Waals surface area contributed by atoms with Crippen molar-refractivity contribution in [1.82, 2.24) is 9.97 Å². The molecular formula is C18H14N4. The molecule has 3 aromatic rings. The second-order valence-corrected chi connectivity index (χ2v) is 5.64. The Morgan fingerprint density at radius 2 is 2.05 bits per heavy atom. The summed E-state index contributed by atoms with van der Waals surface area (Å²) in [6, 6.07) is 12.2. The molecule has 0 bridgehead atoms. The highest BCUT2D eigenvalue weighted by atomic mass is 14.9. The van der Waals surface area contributed by atoms with E-state index in [4.69, 9.17) is 5.73 Å². The monoisotopic (exact) mass is 286 g/mol. The summed E-state index contributed by atoms with van der Waals surface area (Å²) in [4.78, 5) is 8.58. The summed E-state index contributed by atoms with van der Waals surface area (Å²) >= 11 is 0. The van der Waals surface area contributed by atoms with Crippen LogP contribution in [0.4, 0.5) is 5.82 Å². The van der Waals surface area contributed by atoms with Crippen LogP contribution in [0.3, 0.4) is 0 Å². The zero-order valence-electron chi connectivity index (χ0n) is 12.0. The van der Waals surface area contributed by atoms with Gasteiger partial charge in [-0.2, -0.15) is 5.26 Å². The van der Waals surface area contributed by atoms with Gasteiger partial charge in [-0.15, -0.1) is 0 Å². The summed E-state index contributed by atoms with van der Waals surface area (Å²) in [5.74, 6) is 0.818. The maximum Gasteiger partial charge on any atom is 0.142 e. The Kier molecular flexibility index (Phi) is 2.80. The normalized spacial score (nSPS) is 14.0. The van der Waals surface area contributed by atoms with Crippen molar-refractivity contribution in [2.24, 2.45) is 0 Å². The lowest BCUT2D eigenvalue weighted by atomic mass is 9.95. The van der Waals surface area contributed by atoms with Crippen LogP contribution >= 0.6 is 0 Å². The summed E-state index contributed by atoms with van der Waals surface area (Å²) in [6.45, 7) is 0. The third kappa shape index (κ3) is 1.99. The van der Waals surface area contributed by atoms with Gasteiger partial charge < -0.3 is 5.73 Å². The highest BCUT2D eigenvalue weighted by molar-refractivity contribution is 5.98. The number of pyridine rings is 2. The Morgan fingerprint density at radius 1 is 1.18 bits per heavy atom. The molecule has 2 heterocycles. The van der Waals surface area contributed by atoms with Crippen LogP contribution in [-0.4, -0.2) is 9.97 Å². The summed E-state index contributed by atoms with van der Waals surface area (Å²) < 4.78 is 0. The zero-order chi connectivity index (χ0) is 15.1. The van der Waals surface area contributed by atoms with E-state index < -0.39 is 0 Å². The number of fused-ring (bicyclic) bond motifs is 1. The van der Waals surface area contributed by atoms with Gasteiger partial charge in [0.15, 0.2) is 0 Å². The molecule has 1 aliphatic carbocycles. The van der Waals surface area contributed by atoms with Gasteiger partial charge in [-0.1, -0.05) is 18.2 Å². The molecule has 1 fully saturated rings. The fourth-order valence-corrected chi connectivity index (χ4v) is 2.86. The van der Waals surface area contributed by atoms with Gasteiger partial charge >= 0.3 is 0 Å². The number of hydrogen-bond acceptors (Lipinski definition) is 4. The van der Waals surface area contributed by atoms with Crippen molar-refractivity contribution in [2.75, 3.05) is 5.73 Å². The molecule has 0 saturated heterocycles. The van der Waals surface area contributed by atoms with Crippen LogP contribution < -0.4 is 5.73 Å². The molecule has 106 valence electrons. The molecule has 1 aromatic carbocycles. The molecule has 4 rings (SSSR count). The summed E-state index contributed by atoms with van der Waals surface area (Å²) in [6.07, 6.45) is 5.90. The first-order valence-electron chi connectivity index (χ1n) is 7.31. The number of nitriles is 1. The minimum atomic E-state index is 0.327. The van der Waals surface area contributed by atoms with E-state index in [2.05, 4.69) is 16.0 Å². The molecule has 4 nitrogen and oxygen atoms in total. The molecule has 1 saturated carbocycles. The number of rotatable bonds is 2. The third-order valence-corrected chi connectivity index (χ3v) is 4.15. The number of anilines is 1. The van der Waals surface area contributed by atoms with Gasteiger partial charge in [-0.3, -0.25) is 4.98 Å². The lowest BCUT2D eigenvalue weighted by Gasteiger charge is -2.11. The van der Waals surface area contributed by atoms with Crippen molar-refractivity contribution < 1.29 is 0 Å². The minimum absolute atomic E-state index is 0.327. The predicted molar refractivity (Wildman–Crippen MR) is 86.1 cm³/mol. The molecule has 0 unspecified atom stereocenters. The molecular weight excluding hydrogens is 272 g/mol. The Labute approximate surface area is 128 Å². The largest absolute Gasteiger partial charge is 0.383 e. The van der Waals surface area contributed by atoms with Crippen LogP contribution in [0.5, 0.6) is 0 Å². The van der Waals surface area contributed by atoms with Crippen molar-refractivity contribution in [1.29, 1.82) is 5.26 Å². The Hall–Kier alpha value is -2.93. The second kappa shape index (κ2) is 4.81. The molecule has 2 N–H and O–H groups in total. The Morgan fingerprint density at radius 3 is 2.82 bits per heavy atom. The van der Waals surface area contributed by atoms with Gasteiger partial charge in [-0.05, 0) is 35.9 Å². The fourth-order valence-electron chi connectivity index (χ4n) is 2.86. The highest BCUT2D eigenvalue weighted by Gasteiger charge is 2.27. The lowest BCUT2D eigenvalue weighted by Crippen LogP contribution is -2.01. The number of nitrogens with two attached hydrogens (primary N) is 1. The lowest BCUT2D eigenvalue weighted by molar-refractivity contribution is 1.03. The minimum Gasteiger partial charge on any atom is -0.383 e. The van der Waals surface area contributed by atoms with Gasteiger partial charge in [0.25, 0.3) is 0 Å². The van der Waals surface area contributed by atoms with Crippen LogP contribution in [0.2, 0.25) is 0 Å². The van der Waals surface area contributed by atoms with Crippen molar-refractivity contribution >= 4 is 16.6 Å². The number of nitrogen functional groups attached to an aromatic ring is 1. The van der Waals surface area contributed by atoms with Gasteiger partial charge in [0.05, 0.1) is 0 Å². The van der Waals surface area contributed by atoms with Crippen LogP contribution in [0.15, 0.2) is 42.7 Å². The van der Waals surface area contributed by atoms with Crippen molar-refractivity contribution in [3.63, 3.8) is 0 Å². The van der Waals surface area contributed by atoms with E-state index in [1.54, 1.807) is 6.20 Å². The van der Waals surface area contributed by atoms with E-state index in [1.807, 2.05) is 36.5 Å². The maximum atomic E-state index is 9.50. The van der Waals surface area contributed by atoms with E-state index in [0.717, 1.165) is 40.4 Å². The molecule has 4 heteroatoms. The predicted octanol–water partition coefficient (Wildman–Crippen LogP) is 3.63. The summed E-state index contributed by atoms with van der Waals surface area (Å²) in [5, 5.41) is 11.6. The van der Waals surface area contributed by atoms with Gasteiger partial charge in [0.1, 0.15) is 17.5 Å². The van der Waals surface area contributed by atoms with Gasteiger partial charge in [-0.25, -0.2) is 4.98 Å². The molecule has 2 aromatic heterocycles. The number of aromatic nitrogens is 2. The average Bonchev–Trinajstić information content (AvgIpc) is 3.38. The molecule has 0 amide bonds. The molecule has 0 aliphatic heterocycles. The molecule has 0 atom stereocenters. The SMILES string of the molecule is N#Cc1c(-c2cccc3cnccc23)cc(C2CC2)nc1N. The van der Waals surface area contributed by atoms with Crippen molar-refractivity contribution in [3.8, 4) is 17.2 Å². The maximum absolute atomic E-state index is 9.50. The Balaban J connectivity index is 2.03. The summed E-state index contributed by atoms with van der Waals surface area (Å²) in [7, 11) is 0. The van der Waals surface area contributed by atoms with E-state index >= 15 is 0 Å². The first-order valence-corrected chi connectivity index (χ1v) is 7.31. The van der Waals surface area contributed by atoms with Crippen LogP contribution in [0.1, 0.15) is 30.0 Å². The third-order valence-electron chi connectivity index (χ3n) is 4.15.